The second-order valence-corrected chi connectivity index (χ2v) is 7.80. The molecule has 26 heavy (non-hydrogen) atoms. The zero-order valence-corrected chi connectivity index (χ0v) is 16.0. The molecule has 1 amide bonds. The number of nitrogens with zero attached hydrogens (tertiary/aromatic N) is 4. The molecule has 1 aliphatic heterocycles. The lowest BCUT2D eigenvalue weighted by Gasteiger charge is -2.31. The van der Waals surface area contributed by atoms with Gasteiger partial charge in [-0.05, 0) is 31.5 Å². The predicted octanol–water partition coefficient (Wildman–Crippen LogP) is 3.33. The van der Waals surface area contributed by atoms with E-state index in [1.807, 2.05) is 31.0 Å². The minimum Gasteiger partial charge on any atom is -0.467 e. The fourth-order valence-corrected chi connectivity index (χ4v) is 4.37. The van der Waals surface area contributed by atoms with Crippen LogP contribution >= 0.6 is 11.3 Å². The van der Waals surface area contributed by atoms with Gasteiger partial charge in [-0.15, -0.1) is 0 Å². The maximum atomic E-state index is 12.7. The van der Waals surface area contributed by atoms with Gasteiger partial charge in [0, 0.05) is 33.0 Å². The predicted molar refractivity (Wildman–Crippen MR) is 102 cm³/mol. The van der Waals surface area contributed by atoms with Crippen LogP contribution in [0.2, 0.25) is 0 Å². The maximum Gasteiger partial charge on any atom is 0.274 e. The molecule has 3 aromatic rings. The third kappa shape index (κ3) is 3.19. The van der Waals surface area contributed by atoms with Gasteiger partial charge in [0.2, 0.25) is 0 Å². The topological polar surface area (TPSA) is 60.3 Å². The summed E-state index contributed by atoms with van der Waals surface area (Å²) in [7, 11) is 1.81. The number of piperidine rings is 1. The number of aryl methyl sites for hydroxylation is 3. The van der Waals surface area contributed by atoms with E-state index < -0.39 is 0 Å². The zero-order chi connectivity index (χ0) is 18.3. The Kier molecular flexibility index (Phi) is 4.40. The quantitative estimate of drug-likeness (QED) is 0.709. The monoisotopic (exact) mass is 370 g/mol. The number of hydrogen-bond acceptors (Lipinski definition) is 5. The number of thiazole rings is 1. The minimum absolute atomic E-state index is 0.0437. The average Bonchev–Trinajstić information content (AvgIpc) is 3.18. The highest BCUT2D eigenvalue weighted by Gasteiger charge is 2.27. The summed E-state index contributed by atoms with van der Waals surface area (Å²) in [6.07, 6.45) is 1.74. The van der Waals surface area contributed by atoms with Gasteiger partial charge in [-0.25, -0.2) is 4.98 Å². The lowest BCUT2D eigenvalue weighted by atomic mass is 10.1. The van der Waals surface area contributed by atoms with Crippen molar-refractivity contribution in [2.75, 3.05) is 13.1 Å². The Morgan fingerprint density at radius 3 is 2.69 bits per heavy atom. The number of aromatic nitrogens is 3. The van der Waals surface area contributed by atoms with E-state index in [1.165, 1.54) is 5.56 Å². The van der Waals surface area contributed by atoms with E-state index in [4.69, 9.17) is 4.74 Å². The van der Waals surface area contributed by atoms with Gasteiger partial charge in [-0.3, -0.25) is 9.48 Å². The molecule has 0 aliphatic carbocycles. The largest absolute Gasteiger partial charge is 0.467 e. The minimum atomic E-state index is 0.0437. The standard InChI is InChI=1S/C19H22N4O2S/c1-12-5-4-6-16-17(12)20-19(26-16)25-14-7-9-23(10-8-14)18(24)15-11-13(2)21-22(15)3/h4-6,11,14H,7-10H2,1-3H3. The van der Waals surface area contributed by atoms with Crippen molar-refractivity contribution in [3.8, 4) is 5.19 Å². The summed E-state index contributed by atoms with van der Waals surface area (Å²) in [6, 6.07) is 8.03. The molecule has 2 aromatic heterocycles. The van der Waals surface area contributed by atoms with Crippen molar-refractivity contribution in [3.63, 3.8) is 0 Å². The number of amides is 1. The Labute approximate surface area is 156 Å². The molecule has 0 N–H and O–H groups in total. The van der Waals surface area contributed by atoms with Gasteiger partial charge in [-0.1, -0.05) is 23.5 Å². The average molecular weight is 370 g/mol. The number of carbonyl (C=O) groups is 1. The summed E-state index contributed by atoms with van der Waals surface area (Å²) in [6.45, 7) is 5.35. The molecule has 6 nitrogen and oxygen atoms in total. The first kappa shape index (κ1) is 17.0. The first-order valence-corrected chi connectivity index (χ1v) is 9.65. The van der Waals surface area contributed by atoms with E-state index in [2.05, 4.69) is 29.1 Å². The normalized spacial score (nSPS) is 15.6. The molecule has 1 aliphatic rings. The summed E-state index contributed by atoms with van der Waals surface area (Å²) in [5.41, 5.74) is 3.69. The number of carbonyl (C=O) groups excluding carboxylic acids is 1. The van der Waals surface area contributed by atoms with Crippen molar-refractivity contribution in [3.05, 3.63) is 41.2 Å². The van der Waals surface area contributed by atoms with E-state index in [1.54, 1.807) is 16.0 Å². The van der Waals surface area contributed by atoms with Crippen molar-refractivity contribution < 1.29 is 9.53 Å². The molecule has 1 aromatic carbocycles. The van der Waals surface area contributed by atoms with Gasteiger partial charge in [0.05, 0.1) is 15.9 Å². The van der Waals surface area contributed by atoms with Crippen molar-refractivity contribution in [1.29, 1.82) is 0 Å². The number of hydrogen-bond donors (Lipinski definition) is 0. The third-order valence-electron chi connectivity index (χ3n) is 4.82. The van der Waals surface area contributed by atoms with Crippen LogP contribution in [0, 0.1) is 13.8 Å². The van der Waals surface area contributed by atoms with Crippen molar-refractivity contribution in [2.45, 2.75) is 32.8 Å². The Morgan fingerprint density at radius 2 is 2.04 bits per heavy atom. The van der Waals surface area contributed by atoms with Crippen molar-refractivity contribution in [1.82, 2.24) is 19.7 Å². The second kappa shape index (κ2) is 6.72. The van der Waals surface area contributed by atoms with Crippen LogP contribution in [0.5, 0.6) is 5.19 Å². The molecule has 7 heteroatoms. The molecular formula is C19H22N4O2S. The molecule has 0 radical (unpaired) electrons. The number of benzene rings is 1. The van der Waals surface area contributed by atoms with E-state index in [0.717, 1.165) is 33.9 Å². The van der Waals surface area contributed by atoms with Crippen molar-refractivity contribution in [2.24, 2.45) is 7.05 Å². The molecule has 0 atom stereocenters. The van der Waals surface area contributed by atoms with Crippen LogP contribution in [0.1, 0.15) is 34.6 Å². The lowest BCUT2D eigenvalue weighted by Crippen LogP contribution is -2.42. The van der Waals surface area contributed by atoms with E-state index >= 15 is 0 Å². The molecule has 3 heterocycles. The molecule has 0 unspecified atom stereocenters. The van der Waals surface area contributed by atoms with E-state index in [0.29, 0.717) is 18.8 Å². The van der Waals surface area contributed by atoms with Crippen LogP contribution in [-0.2, 0) is 7.05 Å². The summed E-state index contributed by atoms with van der Waals surface area (Å²) in [4.78, 5) is 19.2. The SMILES string of the molecule is Cc1cc(C(=O)N2CCC(Oc3nc4c(C)cccc4s3)CC2)n(C)n1. The number of likely N-dealkylation sites (tertiary alicyclic amines) is 1. The third-order valence-corrected chi connectivity index (χ3v) is 5.73. The van der Waals surface area contributed by atoms with Gasteiger partial charge in [0.1, 0.15) is 11.8 Å². The Morgan fingerprint density at radius 1 is 1.27 bits per heavy atom. The lowest BCUT2D eigenvalue weighted by molar-refractivity contribution is 0.0585. The molecule has 136 valence electrons. The first-order chi connectivity index (χ1) is 12.5. The maximum absolute atomic E-state index is 12.7. The smallest absolute Gasteiger partial charge is 0.274 e. The van der Waals surface area contributed by atoms with Crippen LogP contribution in [0.4, 0.5) is 0 Å². The molecule has 4 rings (SSSR count). The molecule has 1 saturated heterocycles. The molecule has 0 bridgehead atoms. The van der Waals surface area contributed by atoms with Gasteiger partial charge in [-0.2, -0.15) is 5.10 Å². The second-order valence-electron chi connectivity index (χ2n) is 6.81. The van der Waals surface area contributed by atoms with Crippen molar-refractivity contribution >= 4 is 27.5 Å². The van der Waals surface area contributed by atoms with E-state index in [-0.39, 0.29) is 12.0 Å². The van der Waals surface area contributed by atoms with Gasteiger partial charge in [0.15, 0.2) is 0 Å². The number of fused-ring (bicyclic) bond motifs is 1. The highest BCUT2D eigenvalue weighted by atomic mass is 32.1. The van der Waals surface area contributed by atoms with Crippen LogP contribution in [0.25, 0.3) is 10.2 Å². The molecule has 1 fully saturated rings. The van der Waals surface area contributed by atoms with Crippen LogP contribution in [0.3, 0.4) is 0 Å². The van der Waals surface area contributed by atoms with Gasteiger partial charge >= 0.3 is 0 Å². The zero-order valence-electron chi connectivity index (χ0n) is 15.2. The summed E-state index contributed by atoms with van der Waals surface area (Å²) in [5.74, 6) is 0.0437. The molecule has 0 spiro atoms. The van der Waals surface area contributed by atoms with Gasteiger partial charge in [0.25, 0.3) is 11.1 Å². The first-order valence-electron chi connectivity index (χ1n) is 8.84. The summed E-state index contributed by atoms with van der Waals surface area (Å²) in [5, 5.41) is 4.99. The number of rotatable bonds is 3. The molecule has 0 saturated carbocycles. The van der Waals surface area contributed by atoms with E-state index in [9.17, 15) is 4.79 Å². The number of para-hydroxylation sites is 1. The molecular weight excluding hydrogens is 348 g/mol. The van der Waals surface area contributed by atoms with Crippen LogP contribution in [-0.4, -0.2) is 44.8 Å². The summed E-state index contributed by atoms with van der Waals surface area (Å²) >= 11 is 1.59. The highest BCUT2D eigenvalue weighted by molar-refractivity contribution is 7.20. The Bertz CT molecular complexity index is 954. The summed E-state index contributed by atoms with van der Waals surface area (Å²) < 4.78 is 8.92. The van der Waals surface area contributed by atoms with Crippen LogP contribution in [0.15, 0.2) is 24.3 Å². The Balaban J connectivity index is 1.39. The fourth-order valence-electron chi connectivity index (χ4n) is 3.41. The fraction of sp³-hybridized carbons (Fsp3) is 0.421. The Hall–Kier alpha value is -2.41. The number of ether oxygens (including phenoxy) is 1. The van der Waals surface area contributed by atoms with Crippen LogP contribution < -0.4 is 4.74 Å². The van der Waals surface area contributed by atoms with Gasteiger partial charge < -0.3 is 9.64 Å². The highest BCUT2D eigenvalue weighted by Crippen LogP contribution is 2.31.